The van der Waals surface area contributed by atoms with Crippen molar-refractivity contribution >= 4 is 12.6 Å². The monoisotopic (exact) mass is 375 g/mol. The standard InChI is InChI=1S/C21H34BNO4/c1-15-8-10-23(11-9-15)14-17-18(24-6)12-16(13-19(17)25-7)22-26-20(2,3)21(4,5)27-22/h12-13,15H,8-11,14H2,1-7H3. The molecular weight excluding hydrogens is 341 g/mol. The highest BCUT2D eigenvalue weighted by Crippen LogP contribution is 2.38. The van der Waals surface area contributed by atoms with Crippen LogP contribution in [-0.2, 0) is 15.9 Å². The predicted molar refractivity (Wildman–Crippen MR) is 109 cm³/mol. The summed E-state index contributed by atoms with van der Waals surface area (Å²) >= 11 is 0. The fourth-order valence-corrected chi connectivity index (χ4v) is 3.72. The minimum atomic E-state index is -0.428. The van der Waals surface area contributed by atoms with Crippen molar-refractivity contribution in [3.8, 4) is 11.5 Å². The summed E-state index contributed by atoms with van der Waals surface area (Å²) in [5.74, 6) is 2.48. The van der Waals surface area contributed by atoms with Crippen molar-refractivity contribution in [3.63, 3.8) is 0 Å². The normalized spacial score (nSPS) is 22.9. The van der Waals surface area contributed by atoms with Crippen molar-refractivity contribution < 1.29 is 18.8 Å². The second kappa shape index (κ2) is 7.65. The molecule has 0 bridgehead atoms. The van der Waals surface area contributed by atoms with Crippen LogP contribution in [0.25, 0.3) is 0 Å². The van der Waals surface area contributed by atoms with Gasteiger partial charge in [0.15, 0.2) is 0 Å². The van der Waals surface area contributed by atoms with E-state index < -0.39 is 7.12 Å². The Labute approximate surface area is 164 Å². The van der Waals surface area contributed by atoms with Gasteiger partial charge in [-0.05, 0) is 77.1 Å². The van der Waals surface area contributed by atoms with E-state index in [9.17, 15) is 0 Å². The molecule has 0 saturated carbocycles. The van der Waals surface area contributed by atoms with Crippen LogP contribution in [0.2, 0.25) is 0 Å². The third kappa shape index (κ3) is 4.13. The van der Waals surface area contributed by atoms with E-state index in [1.807, 2.05) is 12.1 Å². The molecule has 5 nitrogen and oxygen atoms in total. The first-order chi connectivity index (χ1) is 12.7. The van der Waals surface area contributed by atoms with Crippen molar-refractivity contribution in [1.29, 1.82) is 0 Å². The lowest BCUT2D eigenvalue weighted by Crippen LogP contribution is -2.41. The third-order valence-electron chi connectivity index (χ3n) is 6.41. The molecule has 2 aliphatic heterocycles. The highest BCUT2D eigenvalue weighted by atomic mass is 16.7. The van der Waals surface area contributed by atoms with Crippen molar-refractivity contribution in [3.05, 3.63) is 17.7 Å². The van der Waals surface area contributed by atoms with Crippen LogP contribution in [0.3, 0.4) is 0 Å². The molecule has 6 heteroatoms. The summed E-state index contributed by atoms with van der Waals surface area (Å²) in [6, 6.07) is 4.07. The first-order valence-corrected chi connectivity index (χ1v) is 9.99. The van der Waals surface area contributed by atoms with E-state index in [4.69, 9.17) is 18.8 Å². The molecule has 0 spiro atoms. The van der Waals surface area contributed by atoms with E-state index in [1.165, 1.54) is 12.8 Å². The largest absolute Gasteiger partial charge is 0.496 e. The van der Waals surface area contributed by atoms with Crippen LogP contribution < -0.4 is 14.9 Å². The second-order valence-corrected chi connectivity index (χ2v) is 8.95. The maximum absolute atomic E-state index is 6.21. The van der Waals surface area contributed by atoms with Gasteiger partial charge < -0.3 is 18.8 Å². The summed E-state index contributed by atoms with van der Waals surface area (Å²) < 4.78 is 23.9. The van der Waals surface area contributed by atoms with Gasteiger partial charge in [0.1, 0.15) is 11.5 Å². The van der Waals surface area contributed by atoms with Gasteiger partial charge in [0.2, 0.25) is 0 Å². The summed E-state index contributed by atoms with van der Waals surface area (Å²) in [5.41, 5.74) is 1.27. The molecule has 0 radical (unpaired) electrons. The number of methoxy groups -OCH3 is 2. The minimum absolute atomic E-state index is 0.374. The number of nitrogens with zero attached hydrogens (tertiary/aromatic N) is 1. The van der Waals surface area contributed by atoms with Gasteiger partial charge >= 0.3 is 7.12 Å². The summed E-state index contributed by atoms with van der Waals surface area (Å²) in [5, 5.41) is 0. The highest BCUT2D eigenvalue weighted by Gasteiger charge is 2.52. The van der Waals surface area contributed by atoms with Gasteiger partial charge in [0.05, 0.1) is 31.0 Å². The Hall–Kier alpha value is -1.24. The van der Waals surface area contributed by atoms with Crippen LogP contribution in [0.15, 0.2) is 12.1 Å². The number of piperidine rings is 1. The smallest absolute Gasteiger partial charge is 0.495 e. The topological polar surface area (TPSA) is 40.2 Å². The number of hydrogen-bond acceptors (Lipinski definition) is 5. The van der Waals surface area contributed by atoms with Gasteiger partial charge in [0, 0.05) is 6.54 Å². The minimum Gasteiger partial charge on any atom is -0.496 e. The second-order valence-electron chi connectivity index (χ2n) is 8.95. The number of hydrogen-bond donors (Lipinski definition) is 0. The molecule has 0 amide bonds. The number of benzene rings is 1. The first-order valence-electron chi connectivity index (χ1n) is 9.99. The maximum Gasteiger partial charge on any atom is 0.495 e. The molecule has 3 rings (SSSR count). The predicted octanol–water partition coefficient (Wildman–Crippen LogP) is 3.23. The van der Waals surface area contributed by atoms with E-state index in [2.05, 4.69) is 39.5 Å². The Bertz CT molecular complexity index is 627. The molecule has 0 aliphatic carbocycles. The van der Waals surface area contributed by atoms with Gasteiger partial charge in [-0.25, -0.2) is 0 Å². The van der Waals surface area contributed by atoms with Crippen LogP contribution >= 0.6 is 0 Å². The van der Waals surface area contributed by atoms with E-state index in [1.54, 1.807) is 14.2 Å². The first kappa shape index (κ1) is 20.5. The average Bonchev–Trinajstić information content (AvgIpc) is 2.84. The van der Waals surface area contributed by atoms with E-state index in [0.29, 0.717) is 0 Å². The molecule has 2 heterocycles. The van der Waals surface area contributed by atoms with Crippen LogP contribution in [0.4, 0.5) is 0 Å². The Kier molecular flexibility index (Phi) is 5.81. The van der Waals surface area contributed by atoms with Gasteiger partial charge in [-0.3, -0.25) is 4.90 Å². The molecule has 0 unspecified atom stereocenters. The van der Waals surface area contributed by atoms with Crippen molar-refractivity contribution in [1.82, 2.24) is 4.90 Å². The van der Waals surface area contributed by atoms with Crippen LogP contribution in [-0.4, -0.2) is 50.5 Å². The lowest BCUT2D eigenvalue weighted by atomic mass is 9.78. The lowest BCUT2D eigenvalue weighted by Gasteiger charge is -2.32. The van der Waals surface area contributed by atoms with E-state index in [0.717, 1.165) is 48.1 Å². The molecule has 1 aromatic rings. The number of ether oxygens (including phenoxy) is 2. The van der Waals surface area contributed by atoms with Gasteiger partial charge in [-0.1, -0.05) is 6.92 Å². The molecule has 27 heavy (non-hydrogen) atoms. The van der Waals surface area contributed by atoms with Crippen LogP contribution in [0, 0.1) is 5.92 Å². The Morgan fingerprint density at radius 3 is 1.93 bits per heavy atom. The zero-order valence-corrected chi connectivity index (χ0v) is 17.9. The fraction of sp³-hybridized carbons (Fsp3) is 0.714. The van der Waals surface area contributed by atoms with Gasteiger partial charge in [0.25, 0.3) is 0 Å². The summed E-state index contributed by atoms with van der Waals surface area (Å²) in [7, 11) is 3.00. The third-order valence-corrected chi connectivity index (χ3v) is 6.41. The molecule has 0 N–H and O–H groups in total. The van der Waals surface area contributed by atoms with Gasteiger partial charge in [-0.15, -0.1) is 0 Å². The van der Waals surface area contributed by atoms with Crippen molar-refractivity contribution in [2.75, 3.05) is 27.3 Å². The number of likely N-dealkylation sites (tertiary alicyclic amines) is 1. The van der Waals surface area contributed by atoms with Crippen molar-refractivity contribution in [2.24, 2.45) is 5.92 Å². The Balaban J connectivity index is 1.87. The summed E-state index contributed by atoms with van der Waals surface area (Å²) in [4.78, 5) is 2.48. The lowest BCUT2D eigenvalue weighted by molar-refractivity contribution is 0.00578. The van der Waals surface area contributed by atoms with E-state index in [-0.39, 0.29) is 11.2 Å². The molecule has 150 valence electrons. The highest BCUT2D eigenvalue weighted by molar-refractivity contribution is 6.62. The SMILES string of the molecule is COc1cc(B2OC(C)(C)C(C)(C)O2)cc(OC)c1CN1CCC(C)CC1. The summed E-state index contributed by atoms with van der Waals surface area (Å²) in [6.07, 6.45) is 2.49. The van der Waals surface area contributed by atoms with Crippen LogP contribution in [0.5, 0.6) is 11.5 Å². The molecule has 0 atom stereocenters. The maximum atomic E-state index is 6.21. The molecule has 2 aliphatic rings. The molecule has 2 saturated heterocycles. The number of rotatable bonds is 5. The molecule has 1 aromatic carbocycles. The Morgan fingerprint density at radius 1 is 1.00 bits per heavy atom. The Morgan fingerprint density at radius 2 is 1.48 bits per heavy atom. The van der Waals surface area contributed by atoms with Crippen LogP contribution in [0.1, 0.15) is 53.0 Å². The van der Waals surface area contributed by atoms with E-state index >= 15 is 0 Å². The van der Waals surface area contributed by atoms with Gasteiger partial charge in [-0.2, -0.15) is 0 Å². The quantitative estimate of drug-likeness (QED) is 0.739. The molecule has 2 fully saturated rings. The zero-order valence-electron chi connectivity index (χ0n) is 17.9. The van der Waals surface area contributed by atoms with Crippen molar-refractivity contribution in [2.45, 2.75) is 65.2 Å². The fourth-order valence-electron chi connectivity index (χ4n) is 3.72. The average molecular weight is 375 g/mol. The molecule has 0 aromatic heterocycles. The molecular formula is C21H34BNO4. The summed E-state index contributed by atoms with van der Waals surface area (Å²) in [6.45, 7) is 13.7. The zero-order chi connectivity index (χ0) is 19.8.